The highest BCUT2D eigenvalue weighted by Crippen LogP contribution is 2.52. The van der Waals surface area contributed by atoms with Gasteiger partial charge in [0.1, 0.15) is 5.82 Å². The number of thiophene rings is 1. The largest absolute Gasteiger partial charge is 0.232 e. The number of halogens is 1. The van der Waals surface area contributed by atoms with Crippen molar-refractivity contribution in [1.29, 1.82) is 0 Å². The Bertz CT molecular complexity index is 5310. The van der Waals surface area contributed by atoms with Gasteiger partial charge >= 0.3 is 0 Å². The molecule has 3 heterocycles. The smallest absolute Gasteiger partial charge is 0.164 e. The van der Waals surface area contributed by atoms with Crippen molar-refractivity contribution >= 4 is 48.8 Å². The van der Waals surface area contributed by atoms with Crippen molar-refractivity contribution in [2.45, 2.75) is 148 Å². The third kappa shape index (κ3) is 11.3. The van der Waals surface area contributed by atoms with Crippen molar-refractivity contribution in [3.63, 3.8) is 0 Å². The maximum Gasteiger partial charge on any atom is 0.164 e. The number of aliphatic imine (C=N–C) groups is 2. The van der Waals surface area contributed by atoms with Crippen molar-refractivity contribution < 1.29 is 4.39 Å². The standard InChI is InChI=1S/C90H82FN5S/c1-54-24-27-58(28-25-54)82-94-83(96-85(95-82)66-46-64(47-67(91)48-66)60-29-35-74-76(51-60)87(5,6)39-38-86(74,3)4)62-32-37-80-71(50-62)69-33-26-56(44-81(69)97-80)53-90(11)41-40-88(7,8)77-52-59(30-36-75(77)90)63-42-55(2)43-65(45-63)84-92-78(57-18-13-12-14-19-57)22-17-23-79(93-84)61-31-34-73-70(49-61)68-20-15-16-21-72(68)89(73,9)10/h12-16,18-22,24-37,42-52H,17,23,38-41,53H2,1-11H3/b78-22+,92-84-,93-79+. The number of amidine groups is 1. The predicted octanol–water partition coefficient (Wildman–Crippen LogP) is 23.6. The van der Waals surface area contributed by atoms with Crippen LogP contribution in [0.25, 0.3) is 93.4 Å². The molecule has 0 saturated carbocycles. The molecule has 16 rings (SSSR count). The van der Waals surface area contributed by atoms with Gasteiger partial charge in [-0.25, -0.2) is 29.3 Å². The second-order valence-corrected chi connectivity index (χ2v) is 32.0. The molecule has 97 heavy (non-hydrogen) atoms. The Morgan fingerprint density at radius 1 is 0.392 bits per heavy atom. The summed E-state index contributed by atoms with van der Waals surface area (Å²) in [7, 11) is 0. The first-order valence-electron chi connectivity index (χ1n) is 34.7. The molecule has 1 unspecified atom stereocenters. The van der Waals surface area contributed by atoms with Crippen LogP contribution >= 0.6 is 11.3 Å². The fourth-order valence-electron chi connectivity index (χ4n) is 16.3. The normalized spacial score (nSPS) is 19.6. The van der Waals surface area contributed by atoms with Gasteiger partial charge in [-0.05, 0) is 230 Å². The fourth-order valence-corrected chi connectivity index (χ4v) is 17.5. The van der Waals surface area contributed by atoms with E-state index < -0.39 is 0 Å². The molecule has 0 N–H and O–H groups in total. The minimum atomic E-state index is -0.331. The molecule has 0 bridgehead atoms. The number of hydrogen-bond acceptors (Lipinski definition) is 6. The maximum absolute atomic E-state index is 16.1. The Balaban J connectivity index is 0.713. The minimum Gasteiger partial charge on any atom is -0.232 e. The van der Waals surface area contributed by atoms with Gasteiger partial charge in [0, 0.05) is 47.8 Å². The Labute approximate surface area is 575 Å². The number of aryl methyl sites for hydroxylation is 2. The van der Waals surface area contributed by atoms with Crippen LogP contribution in [0.2, 0.25) is 0 Å². The highest BCUT2D eigenvalue weighted by Gasteiger charge is 2.41. The second kappa shape index (κ2) is 23.3. The summed E-state index contributed by atoms with van der Waals surface area (Å²) in [5.41, 5.74) is 26.3. The highest BCUT2D eigenvalue weighted by atomic mass is 32.1. The van der Waals surface area contributed by atoms with E-state index in [1.165, 1.54) is 81.5 Å². The van der Waals surface area contributed by atoms with Crippen LogP contribution in [0, 0.1) is 19.7 Å². The molecule has 0 amide bonds. The van der Waals surface area contributed by atoms with Crippen LogP contribution in [0.5, 0.6) is 0 Å². The van der Waals surface area contributed by atoms with Crippen molar-refractivity contribution in [3.8, 4) is 67.5 Å². The van der Waals surface area contributed by atoms with E-state index in [2.05, 4.69) is 270 Å². The lowest BCUT2D eigenvalue weighted by molar-refractivity contribution is 0.310. The molecule has 5 nitrogen and oxygen atoms in total. The summed E-state index contributed by atoms with van der Waals surface area (Å²) in [6, 6.07) is 74.5. The third-order valence-corrected chi connectivity index (χ3v) is 23.4. The number of fused-ring (bicyclic) bond motifs is 8. The summed E-state index contributed by atoms with van der Waals surface area (Å²) in [4.78, 5) is 26.5. The first-order valence-corrected chi connectivity index (χ1v) is 35.5. The Kier molecular flexibility index (Phi) is 15.0. The average Bonchev–Trinajstić information content (AvgIpc) is 1.53. The number of allylic oxidation sites excluding steroid dienone is 1. The van der Waals surface area contributed by atoms with E-state index in [-0.39, 0.29) is 32.9 Å². The second-order valence-electron chi connectivity index (χ2n) is 31.0. The molecule has 12 aromatic rings. The van der Waals surface area contributed by atoms with Crippen LogP contribution < -0.4 is 0 Å². The summed E-state index contributed by atoms with van der Waals surface area (Å²) in [6.07, 6.45) is 9.25. The third-order valence-electron chi connectivity index (χ3n) is 22.2. The molecule has 0 spiro atoms. The zero-order valence-electron chi connectivity index (χ0n) is 57.7. The number of nitrogens with zero attached hydrogens (tertiary/aromatic N) is 5. The van der Waals surface area contributed by atoms with E-state index in [0.717, 1.165) is 112 Å². The van der Waals surface area contributed by atoms with Gasteiger partial charge in [0.15, 0.2) is 23.3 Å². The molecule has 4 aliphatic rings. The van der Waals surface area contributed by atoms with E-state index in [4.69, 9.17) is 24.9 Å². The molecule has 10 aromatic carbocycles. The highest BCUT2D eigenvalue weighted by molar-refractivity contribution is 7.25. The average molecular weight is 1280 g/mol. The number of aromatic nitrogens is 3. The van der Waals surface area contributed by atoms with Crippen LogP contribution in [0.3, 0.4) is 0 Å². The van der Waals surface area contributed by atoms with Gasteiger partial charge in [0.25, 0.3) is 0 Å². The first-order chi connectivity index (χ1) is 46.5. The van der Waals surface area contributed by atoms with Crippen molar-refractivity contribution in [2.24, 2.45) is 9.98 Å². The van der Waals surface area contributed by atoms with Gasteiger partial charge in [-0.2, -0.15) is 0 Å². The predicted molar refractivity (Wildman–Crippen MR) is 405 cm³/mol. The van der Waals surface area contributed by atoms with Crippen LogP contribution in [0.4, 0.5) is 4.39 Å². The van der Waals surface area contributed by atoms with Gasteiger partial charge in [-0.15, -0.1) is 11.3 Å². The molecule has 0 radical (unpaired) electrons. The van der Waals surface area contributed by atoms with Gasteiger partial charge < -0.3 is 0 Å². The van der Waals surface area contributed by atoms with Crippen molar-refractivity contribution in [3.05, 3.63) is 285 Å². The number of benzene rings is 10. The molecule has 0 saturated heterocycles. The number of hydrogen-bond donors (Lipinski definition) is 0. The molecule has 480 valence electrons. The van der Waals surface area contributed by atoms with Gasteiger partial charge in [-0.1, -0.05) is 220 Å². The Morgan fingerprint density at radius 2 is 0.979 bits per heavy atom. The first kappa shape index (κ1) is 62.3. The molecule has 7 heteroatoms. The van der Waals surface area contributed by atoms with Crippen LogP contribution in [0.1, 0.15) is 168 Å². The van der Waals surface area contributed by atoms with Gasteiger partial charge in [0.2, 0.25) is 0 Å². The molecule has 1 aliphatic heterocycles. The van der Waals surface area contributed by atoms with Gasteiger partial charge in [-0.3, -0.25) is 0 Å². The maximum atomic E-state index is 16.1. The summed E-state index contributed by atoms with van der Waals surface area (Å²) >= 11 is 1.84. The molecule has 1 atom stereocenters. The van der Waals surface area contributed by atoms with E-state index in [1.807, 2.05) is 17.4 Å². The lowest BCUT2D eigenvalue weighted by Gasteiger charge is -2.44. The van der Waals surface area contributed by atoms with Crippen molar-refractivity contribution in [1.82, 2.24) is 15.0 Å². The molecule has 2 aromatic heterocycles. The summed E-state index contributed by atoms with van der Waals surface area (Å²) in [5, 5.41) is 2.37. The monoisotopic (exact) mass is 1280 g/mol. The zero-order valence-corrected chi connectivity index (χ0v) is 58.5. The lowest BCUT2D eigenvalue weighted by atomic mass is 9.60. The Morgan fingerprint density at radius 3 is 1.74 bits per heavy atom. The topological polar surface area (TPSA) is 63.4 Å². The van der Waals surface area contributed by atoms with E-state index in [0.29, 0.717) is 23.0 Å². The molecule has 0 fully saturated rings. The van der Waals surface area contributed by atoms with E-state index in [9.17, 15) is 0 Å². The van der Waals surface area contributed by atoms with E-state index in [1.54, 1.807) is 12.1 Å². The molecular formula is C90H82FN5S. The fraction of sp³-hybridized carbons (Fsp3) is 0.256. The van der Waals surface area contributed by atoms with Crippen LogP contribution in [0.15, 0.2) is 222 Å². The van der Waals surface area contributed by atoms with E-state index >= 15 is 4.39 Å². The lowest BCUT2D eigenvalue weighted by Crippen LogP contribution is -2.37. The molecular weight excluding hydrogens is 1200 g/mol. The summed E-state index contributed by atoms with van der Waals surface area (Å²) in [5.74, 6) is 1.92. The number of rotatable bonds is 10. The van der Waals surface area contributed by atoms with Crippen LogP contribution in [-0.2, 0) is 33.5 Å². The van der Waals surface area contributed by atoms with Crippen molar-refractivity contribution in [2.75, 3.05) is 0 Å². The summed E-state index contributed by atoms with van der Waals surface area (Å²) in [6.45, 7) is 25.6. The van der Waals surface area contributed by atoms with Crippen LogP contribution in [-0.4, -0.2) is 26.5 Å². The quantitative estimate of drug-likeness (QED) is 0.137. The minimum absolute atomic E-state index is 0.0145. The zero-order chi connectivity index (χ0) is 66.9. The SMILES string of the molecule is Cc1ccc(-c2nc(-c3cc(F)cc(-c4ccc5c(c4)C(C)(C)CCC5(C)C)c3)nc(-c3ccc4sc5cc(CC6(C)CCC(C)(C)c7cc(-c8cc(C)cc(C9=N/C(c%10ccccc%10)=C/CC/C(c%10ccc%11c(c%10)-c%10ccccc%10C%11(C)C)=N\9)c8)ccc76)ccc5c4c3)n2)cc1. The molecule has 3 aliphatic carbocycles. The Hall–Kier alpha value is -9.56. The van der Waals surface area contributed by atoms with Gasteiger partial charge in [0.05, 0.1) is 11.4 Å². The summed E-state index contributed by atoms with van der Waals surface area (Å²) < 4.78 is 18.6.